The molecular weight excluding hydrogens is 210 g/mol. The molecule has 0 aliphatic carbocycles. The van der Waals surface area contributed by atoms with Crippen molar-refractivity contribution >= 4 is 17.2 Å². The summed E-state index contributed by atoms with van der Waals surface area (Å²) in [5.41, 5.74) is 0. The second-order valence-corrected chi connectivity index (χ2v) is 4.64. The molecule has 4 heteroatoms. The van der Waals surface area contributed by atoms with Crippen LogP contribution in [0.25, 0.3) is 0 Å². The Morgan fingerprint density at radius 3 is 2.80 bits per heavy atom. The molecule has 1 N–H and O–H groups in total. The van der Waals surface area contributed by atoms with Crippen LogP contribution >= 0.6 is 11.3 Å². The summed E-state index contributed by atoms with van der Waals surface area (Å²) < 4.78 is 5.21. The molecule has 1 aromatic rings. The Kier molecular flexibility index (Phi) is 4.78. The van der Waals surface area contributed by atoms with Crippen molar-refractivity contribution in [3.63, 3.8) is 0 Å². The first-order chi connectivity index (χ1) is 7.09. The van der Waals surface area contributed by atoms with Gasteiger partial charge in [0.25, 0.3) is 0 Å². The molecule has 0 radical (unpaired) electrons. The minimum absolute atomic E-state index is 0.0632. The van der Waals surface area contributed by atoms with Gasteiger partial charge < -0.3 is 10.1 Å². The van der Waals surface area contributed by atoms with E-state index in [1.165, 1.54) is 0 Å². The lowest BCUT2D eigenvalue weighted by Crippen LogP contribution is -2.30. The van der Waals surface area contributed by atoms with Gasteiger partial charge in [-0.3, -0.25) is 4.79 Å². The van der Waals surface area contributed by atoms with E-state index in [1.807, 2.05) is 38.3 Å². The van der Waals surface area contributed by atoms with Crippen LogP contribution in [0.2, 0.25) is 0 Å². The van der Waals surface area contributed by atoms with Crippen LogP contribution in [0.5, 0.6) is 0 Å². The Labute approximate surface area is 94.5 Å². The average Bonchev–Trinajstić information content (AvgIpc) is 2.67. The van der Waals surface area contributed by atoms with Crippen LogP contribution < -0.4 is 5.32 Å². The lowest BCUT2D eigenvalue weighted by molar-refractivity contribution is -0.127. The van der Waals surface area contributed by atoms with Crippen molar-refractivity contribution in [1.82, 2.24) is 5.32 Å². The number of nitrogens with one attached hydrogen (secondary N) is 1. The van der Waals surface area contributed by atoms with Crippen LogP contribution in [0.3, 0.4) is 0 Å². The summed E-state index contributed by atoms with van der Waals surface area (Å²) in [6, 6.07) is 4.06. The molecule has 3 nitrogen and oxygen atoms in total. The quantitative estimate of drug-likeness (QED) is 0.838. The molecule has 84 valence electrons. The van der Waals surface area contributed by atoms with Crippen molar-refractivity contribution in [2.45, 2.75) is 32.9 Å². The fraction of sp³-hybridized carbons (Fsp3) is 0.545. The molecule has 0 saturated heterocycles. The van der Waals surface area contributed by atoms with E-state index in [1.54, 1.807) is 11.3 Å². The summed E-state index contributed by atoms with van der Waals surface area (Å²) >= 11 is 1.64. The molecule has 1 atom stereocenters. The number of ether oxygens (including phenoxy) is 1. The zero-order valence-corrected chi connectivity index (χ0v) is 10.1. The summed E-state index contributed by atoms with van der Waals surface area (Å²) in [5.74, 6) is -0.0652. The van der Waals surface area contributed by atoms with E-state index in [9.17, 15) is 4.79 Å². The first-order valence-electron chi connectivity index (χ1n) is 5.04. The molecule has 0 saturated carbocycles. The third kappa shape index (κ3) is 4.44. The summed E-state index contributed by atoms with van der Waals surface area (Å²) in [4.78, 5) is 12.6. The second kappa shape index (κ2) is 5.88. The minimum Gasteiger partial charge on any atom is -0.369 e. The number of rotatable bonds is 5. The van der Waals surface area contributed by atoms with Crippen LogP contribution in [0.1, 0.15) is 31.7 Å². The molecule has 1 heterocycles. The molecule has 0 aliphatic heterocycles. The fourth-order valence-corrected chi connectivity index (χ4v) is 1.87. The Morgan fingerprint density at radius 2 is 2.27 bits per heavy atom. The van der Waals surface area contributed by atoms with Crippen LogP contribution in [-0.4, -0.2) is 18.6 Å². The number of amides is 1. The Hall–Kier alpha value is -0.870. The normalized spacial score (nSPS) is 12.8. The number of carbonyl (C=O) groups excluding carboxylic acids is 1. The topological polar surface area (TPSA) is 38.3 Å². The smallest absolute Gasteiger partial charge is 0.246 e. The van der Waals surface area contributed by atoms with Crippen LogP contribution in [0, 0.1) is 0 Å². The lowest BCUT2D eigenvalue weighted by atomic mass is 10.3. The standard InChI is InChI=1S/C11H17NO2S/c1-8(2)14-7-11(13)12-9(3)10-5-4-6-15-10/h4-6,8-9H,7H2,1-3H3,(H,12,13)/t9-/m1/s1. The van der Waals surface area contributed by atoms with Gasteiger partial charge in [0.15, 0.2) is 0 Å². The van der Waals surface area contributed by atoms with Gasteiger partial charge in [-0.2, -0.15) is 0 Å². The van der Waals surface area contributed by atoms with Gasteiger partial charge in [0, 0.05) is 4.88 Å². The summed E-state index contributed by atoms with van der Waals surface area (Å²) in [6.45, 7) is 5.93. The summed E-state index contributed by atoms with van der Waals surface area (Å²) in [6.07, 6.45) is 0.0905. The SMILES string of the molecule is CC(C)OCC(=O)N[C@H](C)c1cccs1. The summed E-state index contributed by atoms with van der Waals surface area (Å²) in [7, 11) is 0. The second-order valence-electron chi connectivity index (χ2n) is 3.66. The van der Waals surface area contributed by atoms with Crippen LogP contribution in [0.15, 0.2) is 17.5 Å². The van der Waals surface area contributed by atoms with Gasteiger partial charge in [-0.15, -0.1) is 11.3 Å². The van der Waals surface area contributed by atoms with E-state index in [-0.39, 0.29) is 24.7 Å². The monoisotopic (exact) mass is 227 g/mol. The van der Waals surface area contributed by atoms with Gasteiger partial charge in [-0.25, -0.2) is 0 Å². The van der Waals surface area contributed by atoms with E-state index >= 15 is 0 Å². The average molecular weight is 227 g/mol. The van der Waals surface area contributed by atoms with E-state index in [0.29, 0.717) is 0 Å². The van der Waals surface area contributed by atoms with Crippen LogP contribution in [-0.2, 0) is 9.53 Å². The third-order valence-corrected chi connectivity index (χ3v) is 2.95. The van der Waals surface area contributed by atoms with Gasteiger partial charge in [-0.05, 0) is 32.2 Å². The predicted octanol–water partition coefficient (Wildman–Crippen LogP) is 2.35. The third-order valence-electron chi connectivity index (χ3n) is 1.90. The highest BCUT2D eigenvalue weighted by atomic mass is 32.1. The van der Waals surface area contributed by atoms with Crippen molar-refractivity contribution in [1.29, 1.82) is 0 Å². The maximum atomic E-state index is 11.4. The van der Waals surface area contributed by atoms with E-state index in [2.05, 4.69) is 5.32 Å². The number of thiophene rings is 1. The van der Waals surface area contributed by atoms with Crippen LogP contribution in [0.4, 0.5) is 0 Å². The Bertz CT molecular complexity index is 296. The fourth-order valence-electron chi connectivity index (χ4n) is 1.13. The molecule has 0 fully saturated rings. The van der Waals surface area contributed by atoms with E-state index < -0.39 is 0 Å². The largest absolute Gasteiger partial charge is 0.369 e. The molecule has 0 aromatic carbocycles. The highest BCUT2D eigenvalue weighted by molar-refractivity contribution is 7.10. The molecule has 1 amide bonds. The van der Waals surface area contributed by atoms with Crippen molar-refractivity contribution < 1.29 is 9.53 Å². The van der Waals surface area contributed by atoms with Gasteiger partial charge in [-0.1, -0.05) is 6.07 Å². The molecule has 0 bridgehead atoms. The molecule has 0 unspecified atom stereocenters. The first kappa shape index (κ1) is 12.2. The van der Waals surface area contributed by atoms with Gasteiger partial charge in [0.1, 0.15) is 6.61 Å². The highest BCUT2D eigenvalue weighted by Gasteiger charge is 2.10. The number of carbonyl (C=O) groups is 1. The van der Waals surface area contributed by atoms with Crippen molar-refractivity contribution in [3.8, 4) is 0 Å². The highest BCUT2D eigenvalue weighted by Crippen LogP contribution is 2.17. The van der Waals surface area contributed by atoms with Crippen molar-refractivity contribution in [2.75, 3.05) is 6.61 Å². The lowest BCUT2D eigenvalue weighted by Gasteiger charge is -2.13. The zero-order chi connectivity index (χ0) is 11.3. The number of hydrogen-bond donors (Lipinski definition) is 1. The molecule has 0 aliphatic rings. The van der Waals surface area contributed by atoms with E-state index in [4.69, 9.17) is 4.74 Å². The molecule has 1 rings (SSSR count). The molecule has 0 spiro atoms. The summed E-state index contributed by atoms with van der Waals surface area (Å²) in [5, 5.41) is 4.89. The Balaban J connectivity index is 2.32. The van der Waals surface area contributed by atoms with Gasteiger partial charge >= 0.3 is 0 Å². The molecule has 15 heavy (non-hydrogen) atoms. The van der Waals surface area contributed by atoms with Gasteiger partial charge in [0.05, 0.1) is 12.1 Å². The predicted molar refractivity (Wildman–Crippen MR) is 62.0 cm³/mol. The van der Waals surface area contributed by atoms with Crippen molar-refractivity contribution in [2.24, 2.45) is 0 Å². The first-order valence-corrected chi connectivity index (χ1v) is 5.92. The Morgan fingerprint density at radius 1 is 1.53 bits per heavy atom. The van der Waals surface area contributed by atoms with E-state index in [0.717, 1.165) is 4.88 Å². The van der Waals surface area contributed by atoms with Crippen molar-refractivity contribution in [3.05, 3.63) is 22.4 Å². The minimum atomic E-state index is -0.0652. The zero-order valence-electron chi connectivity index (χ0n) is 9.32. The molecular formula is C11H17NO2S. The van der Waals surface area contributed by atoms with Gasteiger partial charge in [0.2, 0.25) is 5.91 Å². The number of hydrogen-bond acceptors (Lipinski definition) is 3. The maximum absolute atomic E-state index is 11.4. The molecule has 1 aromatic heterocycles. The maximum Gasteiger partial charge on any atom is 0.246 e.